The van der Waals surface area contributed by atoms with Gasteiger partial charge in [0.05, 0.1) is 0 Å². The molecule has 0 heterocycles. The highest BCUT2D eigenvalue weighted by molar-refractivity contribution is 6.74. The maximum atomic E-state index is 13.0. The molecule has 2 rings (SSSR count). The normalized spacial score (nSPS) is 12.8. The molecular weight excluding hydrogens is 338 g/mol. The molecule has 4 heteroatoms. The summed E-state index contributed by atoms with van der Waals surface area (Å²) in [6, 6.07) is 20.4. The average Bonchev–Trinajstić information content (AvgIpc) is 2.61. The lowest BCUT2D eigenvalue weighted by Gasteiger charge is -2.37. The maximum Gasteiger partial charge on any atom is 0.250 e. The average molecular weight is 364 g/mol. The molecule has 2 aromatic carbocycles. The van der Waals surface area contributed by atoms with Crippen molar-refractivity contribution in [3.63, 3.8) is 0 Å². The van der Waals surface area contributed by atoms with Crippen LogP contribution in [0.15, 0.2) is 66.2 Å². The van der Waals surface area contributed by atoms with Gasteiger partial charge in [0, 0.05) is 11.1 Å². The summed E-state index contributed by atoms with van der Waals surface area (Å²) in [5.41, 5.74) is 1.28. The first-order valence-corrected chi connectivity index (χ1v) is 11.6. The lowest BCUT2D eigenvalue weighted by atomic mass is 10.0. The molecule has 134 valence electrons. The van der Waals surface area contributed by atoms with Gasteiger partial charge in [-0.05, 0) is 18.1 Å². The van der Waals surface area contributed by atoms with Crippen LogP contribution in [-0.2, 0) is 4.43 Å². The number of nitrogens with zero attached hydrogens (tertiary/aromatic N) is 1. The van der Waals surface area contributed by atoms with Crippen molar-refractivity contribution in [2.24, 2.45) is 0 Å². The Morgan fingerprint density at radius 1 is 0.923 bits per heavy atom. The number of hydrogen-bond donors (Lipinski definition) is 0. The fraction of sp³-hybridized carbons (Fsp3) is 0.273. The Hall–Kier alpha value is -2.64. The number of hydrogen-bond acceptors (Lipinski definition) is 3. The van der Waals surface area contributed by atoms with Gasteiger partial charge in [0.2, 0.25) is 5.78 Å². The second-order valence-electron chi connectivity index (χ2n) is 7.74. The zero-order valence-electron chi connectivity index (χ0n) is 16.0. The summed E-state index contributed by atoms with van der Waals surface area (Å²) in [4.78, 5) is 13.0. The highest BCUT2D eigenvalue weighted by Crippen LogP contribution is 2.40. The van der Waals surface area contributed by atoms with E-state index < -0.39 is 8.32 Å². The molecular formula is C22H25NO2Si. The van der Waals surface area contributed by atoms with E-state index in [1.54, 1.807) is 24.3 Å². The molecule has 0 N–H and O–H groups in total. The second-order valence-corrected chi connectivity index (χ2v) is 12.5. The number of ketones is 1. The van der Waals surface area contributed by atoms with Gasteiger partial charge in [-0.1, -0.05) is 81.4 Å². The van der Waals surface area contributed by atoms with Crippen molar-refractivity contribution in [1.29, 1.82) is 5.26 Å². The summed E-state index contributed by atoms with van der Waals surface area (Å²) in [5.74, 6) is 0.0687. The molecule has 0 spiro atoms. The lowest BCUT2D eigenvalue weighted by molar-refractivity contribution is 0.103. The van der Waals surface area contributed by atoms with Crippen LogP contribution in [-0.4, -0.2) is 14.1 Å². The van der Waals surface area contributed by atoms with Gasteiger partial charge in [-0.2, -0.15) is 5.26 Å². The summed E-state index contributed by atoms with van der Waals surface area (Å²) >= 11 is 0. The van der Waals surface area contributed by atoms with Gasteiger partial charge < -0.3 is 4.43 Å². The molecule has 0 bridgehead atoms. The Kier molecular flexibility index (Phi) is 5.84. The molecule has 0 aromatic heterocycles. The van der Waals surface area contributed by atoms with E-state index in [-0.39, 0.29) is 16.4 Å². The van der Waals surface area contributed by atoms with Gasteiger partial charge in [-0.15, -0.1) is 0 Å². The standard InChI is InChI=1S/C22H25NO2Si/c1-22(2,3)26(4,5)25-21(18-14-10-7-11-15-18)19(16-23)20(24)17-12-8-6-9-13-17/h6-15H,1-5H3/b21-19+. The van der Waals surface area contributed by atoms with Crippen molar-refractivity contribution in [3.8, 4) is 6.07 Å². The third kappa shape index (κ3) is 4.30. The van der Waals surface area contributed by atoms with E-state index in [1.165, 1.54) is 0 Å². The van der Waals surface area contributed by atoms with Crippen LogP contribution >= 0.6 is 0 Å². The fourth-order valence-corrected chi connectivity index (χ4v) is 3.23. The molecule has 0 aliphatic heterocycles. The van der Waals surface area contributed by atoms with E-state index in [0.29, 0.717) is 11.3 Å². The minimum Gasteiger partial charge on any atom is -0.542 e. The molecule has 0 aliphatic rings. The lowest BCUT2D eigenvalue weighted by Crippen LogP contribution is -2.40. The van der Waals surface area contributed by atoms with Gasteiger partial charge in [-0.25, -0.2) is 0 Å². The van der Waals surface area contributed by atoms with Gasteiger partial charge in [-0.3, -0.25) is 4.79 Å². The summed E-state index contributed by atoms with van der Waals surface area (Å²) < 4.78 is 6.46. The van der Waals surface area contributed by atoms with Crippen LogP contribution in [0.25, 0.3) is 5.76 Å². The Bertz CT molecular complexity index is 841. The largest absolute Gasteiger partial charge is 0.542 e. The van der Waals surface area contributed by atoms with Gasteiger partial charge in [0.15, 0.2) is 0 Å². The Labute approximate surface area is 157 Å². The van der Waals surface area contributed by atoms with Crippen LogP contribution in [0, 0.1) is 11.3 Å². The fourth-order valence-electron chi connectivity index (χ4n) is 2.19. The number of Topliss-reactive ketones (excluding diaryl/α,β-unsaturated/α-hetero) is 1. The topological polar surface area (TPSA) is 50.1 Å². The number of benzene rings is 2. The molecule has 0 radical (unpaired) electrons. The van der Waals surface area contributed by atoms with Gasteiger partial charge in [0.1, 0.15) is 17.4 Å². The van der Waals surface area contributed by atoms with Crippen molar-refractivity contribution in [2.45, 2.75) is 38.9 Å². The van der Waals surface area contributed by atoms with Crippen LogP contribution < -0.4 is 0 Å². The van der Waals surface area contributed by atoms with E-state index >= 15 is 0 Å². The Morgan fingerprint density at radius 3 is 1.81 bits per heavy atom. The van der Waals surface area contributed by atoms with E-state index in [9.17, 15) is 10.1 Å². The third-order valence-corrected chi connectivity index (χ3v) is 9.13. The van der Waals surface area contributed by atoms with Crippen molar-refractivity contribution >= 4 is 19.9 Å². The first-order chi connectivity index (χ1) is 12.2. The third-order valence-electron chi connectivity index (χ3n) is 4.80. The van der Waals surface area contributed by atoms with Gasteiger partial charge in [0.25, 0.3) is 8.32 Å². The van der Waals surface area contributed by atoms with E-state index in [1.807, 2.05) is 36.4 Å². The number of allylic oxidation sites excluding steroid dienone is 1. The molecule has 0 saturated heterocycles. The zero-order chi connectivity index (χ0) is 19.4. The van der Waals surface area contributed by atoms with Crippen LogP contribution in [0.4, 0.5) is 0 Å². The van der Waals surface area contributed by atoms with Crippen molar-refractivity contribution in [1.82, 2.24) is 0 Å². The molecule has 0 fully saturated rings. The van der Waals surface area contributed by atoms with Crippen LogP contribution in [0.1, 0.15) is 36.7 Å². The molecule has 0 amide bonds. The van der Waals surface area contributed by atoms with Gasteiger partial charge >= 0.3 is 0 Å². The molecule has 2 aromatic rings. The minimum absolute atomic E-state index is 0.0484. The van der Waals surface area contributed by atoms with E-state index in [4.69, 9.17) is 4.43 Å². The Morgan fingerprint density at radius 2 is 1.38 bits per heavy atom. The van der Waals surface area contributed by atoms with E-state index in [0.717, 1.165) is 5.56 Å². The maximum absolute atomic E-state index is 13.0. The summed E-state index contributed by atoms with van der Waals surface area (Å²) in [5, 5.41) is 9.74. The smallest absolute Gasteiger partial charge is 0.250 e. The van der Waals surface area contributed by atoms with Crippen molar-refractivity contribution in [2.75, 3.05) is 0 Å². The first-order valence-electron chi connectivity index (χ1n) is 8.66. The van der Waals surface area contributed by atoms with Crippen molar-refractivity contribution in [3.05, 3.63) is 77.4 Å². The molecule has 26 heavy (non-hydrogen) atoms. The SMILES string of the molecule is CC(C)(C)[Si](C)(C)O/C(=C(\C#N)C(=O)c1ccccc1)c1ccccc1. The van der Waals surface area contributed by atoms with Crippen molar-refractivity contribution < 1.29 is 9.22 Å². The highest BCUT2D eigenvalue weighted by atomic mass is 28.4. The van der Waals surface area contributed by atoms with Crippen LogP contribution in [0.3, 0.4) is 0 Å². The monoisotopic (exact) mass is 363 g/mol. The molecule has 0 atom stereocenters. The van der Waals surface area contributed by atoms with E-state index in [2.05, 4.69) is 39.9 Å². The molecule has 3 nitrogen and oxygen atoms in total. The highest BCUT2D eigenvalue weighted by Gasteiger charge is 2.40. The van der Waals surface area contributed by atoms with Crippen LogP contribution in [0.5, 0.6) is 0 Å². The first kappa shape index (κ1) is 19.7. The summed E-state index contributed by atoms with van der Waals surface area (Å²) in [7, 11) is -2.24. The summed E-state index contributed by atoms with van der Waals surface area (Å²) in [6.07, 6.45) is 0. The minimum atomic E-state index is -2.24. The predicted octanol–water partition coefficient (Wildman–Crippen LogP) is 5.83. The number of carbonyl (C=O) groups excluding carboxylic acids is 1. The summed E-state index contributed by atoms with van der Waals surface area (Å²) in [6.45, 7) is 10.6. The second kappa shape index (κ2) is 7.71. The Balaban J connectivity index is 2.63. The molecule has 0 unspecified atom stereocenters. The number of rotatable bonds is 5. The predicted molar refractivity (Wildman–Crippen MR) is 108 cm³/mol. The van der Waals surface area contributed by atoms with Crippen LogP contribution in [0.2, 0.25) is 18.1 Å². The zero-order valence-corrected chi connectivity index (χ0v) is 17.0. The number of nitriles is 1. The molecule has 0 saturated carbocycles. The molecule has 0 aliphatic carbocycles. The quantitative estimate of drug-likeness (QED) is 0.221. The number of carbonyl (C=O) groups is 1.